The highest BCUT2D eigenvalue weighted by Gasteiger charge is 2.03. The van der Waals surface area contributed by atoms with Gasteiger partial charge in [-0.15, -0.1) is 0 Å². The van der Waals surface area contributed by atoms with Crippen molar-refractivity contribution in [2.75, 3.05) is 5.73 Å². The quantitative estimate of drug-likeness (QED) is 0.738. The van der Waals surface area contributed by atoms with Crippen molar-refractivity contribution in [3.63, 3.8) is 0 Å². The molecule has 0 aliphatic rings. The van der Waals surface area contributed by atoms with E-state index in [1.807, 2.05) is 19.9 Å². The molecule has 4 heteroatoms. The van der Waals surface area contributed by atoms with E-state index in [1.54, 1.807) is 6.20 Å². The Morgan fingerprint density at radius 1 is 1.19 bits per heavy atom. The fourth-order valence-corrected chi connectivity index (χ4v) is 1.26. The third-order valence-corrected chi connectivity index (χ3v) is 1.81. The molecule has 0 saturated carbocycles. The SMILES string of the molecule is CCC.Cc1cnc2c(N)nc(C)nc2c1. The molecule has 2 heterocycles. The van der Waals surface area contributed by atoms with Gasteiger partial charge >= 0.3 is 0 Å². The first-order valence-corrected chi connectivity index (χ1v) is 5.45. The summed E-state index contributed by atoms with van der Waals surface area (Å²) in [5, 5.41) is 0. The minimum absolute atomic E-state index is 0.447. The van der Waals surface area contributed by atoms with E-state index in [1.165, 1.54) is 6.42 Å². The molecule has 0 saturated heterocycles. The van der Waals surface area contributed by atoms with Crippen LogP contribution in [0.1, 0.15) is 31.7 Å². The Balaban J connectivity index is 0.000000386. The van der Waals surface area contributed by atoms with Gasteiger partial charge in [-0.2, -0.15) is 0 Å². The van der Waals surface area contributed by atoms with E-state index >= 15 is 0 Å². The lowest BCUT2D eigenvalue weighted by Crippen LogP contribution is -1.98. The third kappa shape index (κ3) is 2.89. The van der Waals surface area contributed by atoms with Crippen molar-refractivity contribution in [3.05, 3.63) is 23.7 Å². The van der Waals surface area contributed by atoms with Crippen LogP contribution in [0.5, 0.6) is 0 Å². The van der Waals surface area contributed by atoms with Gasteiger partial charge in [0.1, 0.15) is 11.3 Å². The van der Waals surface area contributed by atoms with Gasteiger partial charge in [-0.05, 0) is 25.5 Å². The summed E-state index contributed by atoms with van der Waals surface area (Å²) in [5.74, 6) is 1.12. The maximum Gasteiger partial charge on any atom is 0.153 e. The normalized spacial score (nSPS) is 9.75. The molecule has 0 aliphatic heterocycles. The van der Waals surface area contributed by atoms with E-state index in [-0.39, 0.29) is 0 Å². The van der Waals surface area contributed by atoms with Crippen LogP contribution in [0.2, 0.25) is 0 Å². The molecule has 2 rings (SSSR count). The van der Waals surface area contributed by atoms with Crippen molar-refractivity contribution in [2.24, 2.45) is 0 Å². The molecule has 16 heavy (non-hydrogen) atoms. The molecule has 0 radical (unpaired) electrons. The molecule has 0 spiro atoms. The lowest BCUT2D eigenvalue weighted by Gasteiger charge is -2.01. The van der Waals surface area contributed by atoms with Crippen LogP contribution in [0.15, 0.2) is 12.3 Å². The van der Waals surface area contributed by atoms with Crippen LogP contribution >= 0.6 is 0 Å². The molecule has 0 aromatic carbocycles. The number of nitrogens with zero attached hydrogens (tertiary/aromatic N) is 3. The summed E-state index contributed by atoms with van der Waals surface area (Å²) in [5.41, 5.74) is 8.25. The van der Waals surface area contributed by atoms with E-state index in [2.05, 4.69) is 28.8 Å². The van der Waals surface area contributed by atoms with Gasteiger partial charge < -0.3 is 5.73 Å². The van der Waals surface area contributed by atoms with Gasteiger partial charge in [0.05, 0.1) is 5.52 Å². The summed E-state index contributed by atoms with van der Waals surface area (Å²) >= 11 is 0. The Labute approximate surface area is 95.9 Å². The summed E-state index contributed by atoms with van der Waals surface area (Å²) in [4.78, 5) is 12.5. The largest absolute Gasteiger partial charge is 0.382 e. The monoisotopic (exact) mass is 218 g/mol. The van der Waals surface area contributed by atoms with Crippen LogP contribution in [0.25, 0.3) is 11.0 Å². The van der Waals surface area contributed by atoms with Gasteiger partial charge in [-0.25, -0.2) is 9.97 Å². The smallest absolute Gasteiger partial charge is 0.153 e. The van der Waals surface area contributed by atoms with E-state index in [0.29, 0.717) is 17.2 Å². The number of nitrogen functional groups attached to an aromatic ring is 1. The molecular weight excluding hydrogens is 200 g/mol. The van der Waals surface area contributed by atoms with E-state index in [4.69, 9.17) is 5.73 Å². The molecule has 2 aromatic heterocycles. The van der Waals surface area contributed by atoms with Gasteiger partial charge in [0.25, 0.3) is 0 Å². The van der Waals surface area contributed by atoms with Gasteiger partial charge in [0.15, 0.2) is 5.82 Å². The maximum absolute atomic E-state index is 5.69. The summed E-state index contributed by atoms with van der Waals surface area (Å²) in [6.07, 6.45) is 3.01. The molecule has 0 atom stereocenters. The number of fused-ring (bicyclic) bond motifs is 1. The van der Waals surface area contributed by atoms with Crippen LogP contribution in [-0.4, -0.2) is 15.0 Å². The molecule has 0 amide bonds. The summed E-state index contributed by atoms with van der Waals surface area (Å²) in [6, 6.07) is 1.95. The van der Waals surface area contributed by atoms with Crippen LogP contribution in [0, 0.1) is 13.8 Å². The number of pyridine rings is 1. The highest BCUT2D eigenvalue weighted by molar-refractivity contribution is 5.83. The average molecular weight is 218 g/mol. The second-order valence-corrected chi connectivity index (χ2v) is 3.74. The average Bonchev–Trinajstić information content (AvgIpc) is 2.17. The van der Waals surface area contributed by atoms with Crippen LogP contribution in [-0.2, 0) is 0 Å². The van der Waals surface area contributed by atoms with Crippen molar-refractivity contribution in [1.29, 1.82) is 0 Å². The summed E-state index contributed by atoms with van der Waals surface area (Å²) < 4.78 is 0. The van der Waals surface area contributed by atoms with Crippen molar-refractivity contribution in [2.45, 2.75) is 34.1 Å². The van der Waals surface area contributed by atoms with Crippen molar-refractivity contribution in [3.8, 4) is 0 Å². The lowest BCUT2D eigenvalue weighted by atomic mass is 10.2. The molecule has 0 bridgehead atoms. The fourth-order valence-electron chi connectivity index (χ4n) is 1.26. The highest BCUT2D eigenvalue weighted by atomic mass is 15.0. The van der Waals surface area contributed by atoms with E-state index in [0.717, 1.165) is 11.1 Å². The van der Waals surface area contributed by atoms with Crippen molar-refractivity contribution >= 4 is 16.9 Å². The Morgan fingerprint density at radius 2 is 1.81 bits per heavy atom. The number of aromatic nitrogens is 3. The first-order valence-electron chi connectivity index (χ1n) is 5.45. The molecule has 2 aromatic rings. The van der Waals surface area contributed by atoms with Crippen LogP contribution < -0.4 is 5.73 Å². The Morgan fingerprint density at radius 3 is 2.44 bits per heavy atom. The van der Waals surface area contributed by atoms with Crippen molar-refractivity contribution in [1.82, 2.24) is 15.0 Å². The maximum atomic E-state index is 5.69. The Hall–Kier alpha value is -1.71. The zero-order chi connectivity index (χ0) is 12.1. The Kier molecular flexibility index (Phi) is 4.17. The molecule has 0 unspecified atom stereocenters. The molecule has 4 nitrogen and oxygen atoms in total. The van der Waals surface area contributed by atoms with Gasteiger partial charge in [-0.3, -0.25) is 4.98 Å². The lowest BCUT2D eigenvalue weighted by molar-refractivity contribution is 1.09. The zero-order valence-corrected chi connectivity index (χ0v) is 10.3. The summed E-state index contributed by atoms with van der Waals surface area (Å²) in [7, 11) is 0. The Bertz CT molecular complexity index is 474. The standard InChI is InChI=1S/C9H10N4.C3H8/c1-5-3-7-8(11-4-5)9(10)13-6(2)12-7;1-3-2/h3-4H,1-2H3,(H2,10,12,13);3H2,1-2H3. The van der Waals surface area contributed by atoms with E-state index in [9.17, 15) is 0 Å². The predicted molar refractivity (Wildman–Crippen MR) is 67.2 cm³/mol. The molecule has 0 fully saturated rings. The fraction of sp³-hybridized carbons (Fsp3) is 0.417. The van der Waals surface area contributed by atoms with Crippen molar-refractivity contribution < 1.29 is 0 Å². The number of rotatable bonds is 0. The predicted octanol–water partition coefficient (Wildman–Crippen LogP) is 2.64. The van der Waals surface area contributed by atoms with Gasteiger partial charge in [0.2, 0.25) is 0 Å². The van der Waals surface area contributed by atoms with Crippen LogP contribution in [0.3, 0.4) is 0 Å². The van der Waals surface area contributed by atoms with Crippen LogP contribution in [0.4, 0.5) is 5.82 Å². The number of anilines is 1. The highest BCUT2D eigenvalue weighted by Crippen LogP contribution is 2.15. The van der Waals surface area contributed by atoms with Gasteiger partial charge in [-0.1, -0.05) is 20.3 Å². The zero-order valence-electron chi connectivity index (χ0n) is 10.3. The number of aryl methyl sites for hydroxylation is 2. The minimum atomic E-state index is 0.447. The number of nitrogens with two attached hydrogens (primary N) is 1. The topological polar surface area (TPSA) is 64.7 Å². The number of hydrogen-bond acceptors (Lipinski definition) is 4. The molecule has 0 aliphatic carbocycles. The molecular formula is C12H18N4. The van der Waals surface area contributed by atoms with E-state index < -0.39 is 0 Å². The molecule has 86 valence electrons. The first-order chi connectivity index (χ1) is 7.58. The summed E-state index contributed by atoms with van der Waals surface area (Å²) in [6.45, 7) is 8.04. The minimum Gasteiger partial charge on any atom is -0.382 e. The first kappa shape index (κ1) is 12.4. The van der Waals surface area contributed by atoms with Gasteiger partial charge in [0, 0.05) is 6.20 Å². The second kappa shape index (κ2) is 5.39. The third-order valence-electron chi connectivity index (χ3n) is 1.81. The second-order valence-electron chi connectivity index (χ2n) is 3.74. The molecule has 2 N–H and O–H groups in total. The number of hydrogen-bond donors (Lipinski definition) is 1.